The summed E-state index contributed by atoms with van der Waals surface area (Å²) in [5, 5.41) is 0.792. The van der Waals surface area contributed by atoms with E-state index in [4.69, 9.17) is 16.3 Å². The van der Waals surface area contributed by atoms with Crippen LogP contribution < -0.4 is 4.74 Å². The van der Waals surface area contributed by atoms with E-state index in [1.165, 1.54) is 0 Å². The van der Waals surface area contributed by atoms with Crippen molar-refractivity contribution in [3.63, 3.8) is 0 Å². The van der Waals surface area contributed by atoms with Crippen LogP contribution in [0.1, 0.15) is 11.1 Å². The molecule has 12 heavy (non-hydrogen) atoms. The SMILES string of the molecule is Cc1cccc2c1OCC=C2Cl. The highest BCUT2D eigenvalue weighted by molar-refractivity contribution is 6.49. The zero-order chi connectivity index (χ0) is 8.55. The molecule has 1 aromatic rings. The predicted octanol–water partition coefficient (Wildman–Crippen LogP) is 2.97. The van der Waals surface area contributed by atoms with Gasteiger partial charge >= 0.3 is 0 Å². The van der Waals surface area contributed by atoms with Gasteiger partial charge in [0.15, 0.2) is 0 Å². The van der Waals surface area contributed by atoms with E-state index < -0.39 is 0 Å². The number of hydrogen-bond acceptors (Lipinski definition) is 1. The molecule has 0 bridgehead atoms. The Morgan fingerprint density at radius 3 is 3.00 bits per heavy atom. The average Bonchev–Trinajstić information content (AvgIpc) is 2.07. The largest absolute Gasteiger partial charge is 0.489 e. The van der Waals surface area contributed by atoms with Crippen molar-refractivity contribution in [2.24, 2.45) is 0 Å². The molecule has 1 heterocycles. The van der Waals surface area contributed by atoms with Gasteiger partial charge in [-0.3, -0.25) is 0 Å². The van der Waals surface area contributed by atoms with Gasteiger partial charge in [0.05, 0.1) is 5.03 Å². The quantitative estimate of drug-likeness (QED) is 0.597. The van der Waals surface area contributed by atoms with E-state index in [0.717, 1.165) is 21.9 Å². The molecule has 0 aliphatic carbocycles. The molecule has 1 aliphatic heterocycles. The van der Waals surface area contributed by atoms with Crippen LogP contribution in [-0.4, -0.2) is 6.61 Å². The topological polar surface area (TPSA) is 9.23 Å². The normalized spacial score (nSPS) is 14.7. The van der Waals surface area contributed by atoms with Crippen LogP contribution in [0.15, 0.2) is 24.3 Å². The third-order valence-electron chi connectivity index (χ3n) is 1.96. The minimum absolute atomic E-state index is 0.580. The monoisotopic (exact) mass is 180 g/mol. The van der Waals surface area contributed by atoms with Gasteiger partial charge in [-0.25, -0.2) is 0 Å². The maximum Gasteiger partial charge on any atom is 0.131 e. The fourth-order valence-corrected chi connectivity index (χ4v) is 1.55. The molecule has 0 fully saturated rings. The third-order valence-corrected chi connectivity index (χ3v) is 2.32. The molecule has 0 saturated heterocycles. The first-order valence-corrected chi connectivity index (χ1v) is 4.25. The van der Waals surface area contributed by atoms with Crippen LogP contribution in [0.4, 0.5) is 0 Å². The van der Waals surface area contributed by atoms with E-state index in [-0.39, 0.29) is 0 Å². The molecule has 0 N–H and O–H groups in total. The molecule has 0 saturated carbocycles. The zero-order valence-electron chi connectivity index (χ0n) is 6.80. The molecule has 1 aromatic carbocycles. The lowest BCUT2D eigenvalue weighted by Gasteiger charge is -2.16. The Kier molecular flexibility index (Phi) is 1.81. The number of benzene rings is 1. The second-order valence-corrected chi connectivity index (χ2v) is 3.22. The minimum Gasteiger partial charge on any atom is -0.489 e. The molecule has 0 atom stereocenters. The van der Waals surface area contributed by atoms with Gasteiger partial charge in [-0.1, -0.05) is 23.7 Å². The summed E-state index contributed by atoms with van der Waals surface area (Å²) < 4.78 is 5.46. The first-order chi connectivity index (χ1) is 5.79. The van der Waals surface area contributed by atoms with Crippen molar-refractivity contribution in [2.75, 3.05) is 6.61 Å². The fourth-order valence-electron chi connectivity index (χ4n) is 1.34. The summed E-state index contributed by atoms with van der Waals surface area (Å²) in [6.07, 6.45) is 1.88. The molecule has 0 radical (unpaired) electrons. The van der Waals surface area contributed by atoms with Crippen molar-refractivity contribution >= 4 is 16.6 Å². The molecular formula is C10H9ClO. The highest BCUT2D eigenvalue weighted by atomic mass is 35.5. The van der Waals surface area contributed by atoms with E-state index in [1.807, 2.05) is 31.2 Å². The van der Waals surface area contributed by atoms with Crippen molar-refractivity contribution in [3.8, 4) is 5.75 Å². The second-order valence-electron chi connectivity index (χ2n) is 2.81. The van der Waals surface area contributed by atoms with E-state index in [0.29, 0.717) is 6.61 Å². The lowest BCUT2D eigenvalue weighted by Crippen LogP contribution is -2.03. The van der Waals surface area contributed by atoms with Crippen molar-refractivity contribution in [1.29, 1.82) is 0 Å². The summed E-state index contributed by atoms with van der Waals surface area (Å²) in [6, 6.07) is 5.98. The maximum atomic E-state index is 6.00. The van der Waals surface area contributed by atoms with E-state index in [2.05, 4.69) is 0 Å². The highest BCUT2D eigenvalue weighted by Crippen LogP contribution is 2.34. The summed E-state index contributed by atoms with van der Waals surface area (Å²) in [4.78, 5) is 0. The van der Waals surface area contributed by atoms with Crippen LogP contribution >= 0.6 is 11.6 Å². The Bertz CT molecular complexity index is 342. The van der Waals surface area contributed by atoms with Gasteiger partial charge in [-0.15, -0.1) is 0 Å². The van der Waals surface area contributed by atoms with Gasteiger partial charge in [-0.2, -0.15) is 0 Å². The third kappa shape index (κ3) is 1.10. The summed E-state index contributed by atoms with van der Waals surface area (Å²) in [6.45, 7) is 2.60. The summed E-state index contributed by atoms with van der Waals surface area (Å²) in [5.41, 5.74) is 2.14. The summed E-state index contributed by atoms with van der Waals surface area (Å²) in [7, 11) is 0. The number of aryl methyl sites for hydroxylation is 1. The number of fused-ring (bicyclic) bond motifs is 1. The van der Waals surface area contributed by atoms with E-state index in [9.17, 15) is 0 Å². The second kappa shape index (κ2) is 2.83. The Hall–Kier alpha value is -0.950. The summed E-state index contributed by atoms with van der Waals surface area (Å²) in [5.74, 6) is 0.921. The number of hydrogen-bond donors (Lipinski definition) is 0. The average molecular weight is 181 g/mol. The lowest BCUT2D eigenvalue weighted by molar-refractivity contribution is 0.355. The first kappa shape index (κ1) is 7.69. The Morgan fingerprint density at radius 1 is 1.42 bits per heavy atom. The van der Waals surface area contributed by atoms with Crippen molar-refractivity contribution in [3.05, 3.63) is 35.4 Å². The number of ether oxygens (including phenoxy) is 1. The number of rotatable bonds is 0. The van der Waals surface area contributed by atoms with Crippen LogP contribution in [0.3, 0.4) is 0 Å². The van der Waals surface area contributed by atoms with E-state index >= 15 is 0 Å². The van der Waals surface area contributed by atoms with Crippen LogP contribution in [0, 0.1) is 6.92 Å². The van der Waals surface area contributed by atoms with Crippen LogP contribution in [0.5, 0.6) is 5.75 Å². The molecule has 0 amide bonds. The lowest BCUT2D eigenvalue weighted by atomic mass is 10.1. The smallest absolute Gasteiger partial charge is 0.131 e. The minimum atomic E-state index is 0.580. The molecule has 0 aromatic heterocycles. The molecular weight excluding hydrogens is 172 g/mol. The molecule has 1 aliphatic rings. The van der Waals surface area contributed by atoms with Gasteiger partial charge in [-0.05, 0) is 24.6 Å². The van der Waals surface area contributed by atoms with Crippen molar-refractivity contribution in [1.82, 2.24) is 0 Å². The number of halogens is 1. The molecule has 1 nitrogen and oxygen atoms in total. The van der Waals surface area contributed by atoms with Gasteiger partial charge in [0, 0.05) is 5.56 Å². The Morgan fingerprint density at radius 2 is 2.25 bits per heavy atom. The molecule has 2 rings (SSSR count). The van der Waals surface area contributed by atoms with Gasteiger partial charge in [0.2, 0.25) is 0 Å². The van der Waals surface area contributed by atoms with E-state index in [1.54, 1.807) is 0 Å². The first-order valence-electron chi connectivity index (χ1n) is 3.87. The van der Waals surface area contributed by atoms with Gasteiger partial charge in [0.1, 0.15) is 12.4 Å². The maximum absolute atomic E-state index is 6.00. The fraction of sp³-hybridized carbons (Fsp3) is 0.200. The molecule has 62 valence electrons. The molecule has 0 unspecified atom stereocenters. The van der Waals surface area contributed by atoms with Crippen LogP contribution in [0.25, 0.3) is 5.03 Å². The predicted molar refractivity (Wildman–Crippen MR) is 50.5 cm³/mol. The Labute approximate surface area is 76.6 Å². The Balaban J connectivity index is 2.62. The van der Waals surface area contributed by atoms with Crippen LogP contribution in [0.2, 0.25) is 0 Å². The zero-order valence-corrected chi connectivity index (χ0v) is 7.56. The molecule has 0 spiro atoms. The summed E-state index contributed by atoms with van der Waals surface area (Å²) >= 11 is 6.00. The van der Waals surface area contributed by atoms with Gasteiger partial charge in [0.25, 0.3) is 0 Å². The molecule has 2 heteroatoms. The van der Waals surface area contributed by atoms with Crippen LogP contribution in [-0.2, 0) is 0 Å². The van der Waals surface area contributed by atoms with Crippen molar-refractivity contribution in [2.45, 2.75) is 6.92 Å². The highest BCUT2D eigenvalue weighted by Gasteiger charge is 2.12. The number of para-hydroxylation sites is 1. The standard InChI is InChI=1S/C10H9ClO/c1-7-3-2-4-8-9(11)5-6-12-10(7)8/h2-5H,6H2,1H3. The van der Waals surface area contributed by atoms with Gasteiger partial charge < -0.3 is 4.74 Å². The van der Waals surface area contributed by atoms with Crippen molar-refractivity contribution < 1.29 is 4.74 Å².